The highest BCUT2D eigenvalue weighted by molar-refractivity contribution is 7.89. The molecule has 0 aliphatic carbocycles. The van der Waals surface area contributed by atoms with Gasteiger partial charge in [0.2, 0.25) is 15.9 Å². The van der Waals surface area contributed by atoms with Crippen LogP contribution in [0, 0.1) is 6.92 Å². The Hall–Kier alpha value is -2.12. The molecular formula is C16H21N3O3S. The van der Waals surface area contributed by atoms with E-state index in [1.807, 2.05) is 30.7 Å². The number of nitrogens with two attached hydrogens (primary N) is 1. The van der Waals surface area contributed by atoms with Crippen molar-refractivity contribution in [3.8, 4) is 0 Å². The Morgan fingerprint density at radius 2 is 1.83 bits per heavy atom. The normalized spacial score (nSPS) is 11.4. The molecule has 3 N–H and O–H groups in total. The average molecular weight is 335 g/mol. The molecule has 0 bridgehead atoms. The number of rotatable bonds is 6. The summed E-state index contributed by atoms with van der Waals surface area (Å²) in [6.45, 7) is 2.50. The van der Waals surface area contributed by atoms with E-state index in [1.54, 1.807) is 12.1 Å². The second kappa shape index (κ2) is 6.97. The number of hydrogen-bond donors (Lipinski definition) is 2. The van der Waals surface area contributed by atoms with Crippen molar-refractivity contribution in [1.29, 1.82) is 0 Å². The zero-order chi connectivity index (χ0) is 17.0. The van der Waals surface area contributed by atoms with Crippen molar-refractivity contribution in [2.24, 2.45) is 12.2 Å². The van der Waals surface area contributed by atoms with Gasteiger partial charge in [-0.1, -0.05) is 12.1 Å². The quantitative estimate of drug-likeness (QED) is 0.831. The van der Waals surface area contributed by atoms with Gasteiger partial charge in [-0.05, 0) is 43.2 Å². The molecule has 1 aromatic heterocycles. The number of hydrogen-bond acceptors (Lipinski definition) is 3. The van der Waals surface area contributed by atoms with E-state index in [9.17, 15) is 13.2 Å². The van der Waals surface area contributed by atoms with Gasteiger partial charge >= 0.3 is 0 Å². The SMILES string of the molecule is Cc1ccc(CNC(=O)CCc2ccc(S(N)(=O)=O)cc2)n1C. The molecule has 1 aromatic carbocycles. The van der Waals surface area contributed by atoms with Crippen LogP contribution < -0.4 is 10.5 Å². The van der Waals surface area contributed by atoms with Crippen molar-refractivity contribution in [2.75, 3.05) is 0 Å². The maximum atomic E-state index is 11.9. The summed E-state index contributed by atoms with van der Waals surface area (Å²) >= 11 is 0. The van der Waals surface area contributed by atoms with Crippen molar-refractivity contribution in [2.45, 2.75) is 31.2 Å². The molecule has 0 aliphatic heterocycles. The van der Waals surface area contributed by atoms with Crippen LogP contribution >= 0.6 is 0 Å². The van der Waals surface area contributed by atoms with E-state index in [-0.39, 0.29) is 10.8 Å². The lowest BCUT2D eigenvalue weighted by molar-refractivity contribution is -0.121. The molecule has 0 aliphatic rings. The average Bonchev–Trinajstić information content (AvgIpc) is 2.82. The van der Waals surface area contributed by atoms with Crippen LogP contribution in [0.4, 0.5) is 0 Å². The van der Waals surface area contributed by atoms with Crippen LogP contribution in [0.25, 0.3) is 0 Å². The van der Waals surface area contributed by atoms with E-state index in [4.69, 9.17) is 5.14 Å². The molecule has 0 spiro atoms. The number of nitrogens with one attached hydrogen (secondary N) is 1. The topological polar surface area (TPSA) is 94.2 Å². The van der Waals surface area contributed by atoms with Crippen molar-refractivity contribution < 1.29 is 13.2 Å². The number of primary sulfonamides is 1. The van der Waals surface area contributed by atoms with Crippen molar-refractivity contribution in [3.05, 3.63) is 53.3 Å². The first-order valence-electron chi connectivity index (χ1n) is 7.27. The highest BCUT2D eigenvalue weighted by atomic mass is 32.2. The first kappa shape index (κ1) is 17.2. The highest BCUT2D eigenvalue weighted by Gasteiger charge is 2.08. The maximum absolute atomic E-state index is 11.9. The fourth-order valence-electron chi connectivity index (χ4n) is 2.23. The molecule has 2 aromatic rings. The highest BCUT2D eigenvalue weighted by Crippen LogP contribution is 2.10. The van der Waals surface area contributed by atoms with Crippen LogP contribution in [0.15, 0.2) is 41.3 Å². The molecular weight excluding hydrogens is 314 g/mol. The molecule has 2 rings (SSSR count). The molecule has 1 amide bonds. The van der Waals surface area contributed by atoms with Gasteiger partial charge < -0.3 is 9.88 Å². The number of carbonyl (C=O) groups excluding carboxylic acids is 1. The van der Waals surface area contributed by atoms with Crippen molar-refractivity contribution in [1.82, 2.24) is 9.88 Å². The van der Waals surface area contributed by atoms with Gasteiger partial charge in [0.25, 0.3) is 0 Å². The molecule has 0 fully saturated rings. The number of nitrogens with zero attached hydrogens (tertiary/aromatic N) is 1. The summed E-state index contributed by atoms with van der Waals surface area (Å²) < 4.78 is 24.4. The van der Waals surface area contributed by atoms with Crippen LogP contribution in [-0.2, 0) is 34.8 Å². The molecule has 7 heteroatoms. The van der Waals surface area contributed by atoms with E-state index in [0.717, 1.165) is 17.0 Å². The molecule has 1 heterocycles. The summed E-state index contributed by atoms with van der Waals surface area (Å²) in [7, 11) is -1.71. The van der Waals surface area contributed by atoms with Crippen LogP contribution in [0.2, 0.25) is 0 Å². The fourth-order valence-corrected chi connectivity index (χ4v) is 2.74. The summed E-state index contributed by atoms with van der Waals surface area (Å²) in [5, 5.41) is 7.93. The van der Waals surface area contributed by atoms with Gasteiger partial charge in [0.05, 0.1) is 11.4 Å². The third-order valence-corrected chi connectivity index (χ3v) is 4.77. The third kappa shape index (κ3) is 4.67. The van der Waals surface area contributed by atoms with Gasteiger partial charge in [-0.25, -0.2) is 13.6 Å². The number of benzene rings is 1. The number of aryl methyl sites for hydroxylation is 2. The molecule has 0 atom stereocenters. The number of aromatic nitrogens is 1. The standard InChI is InChI=1S/C16H21N3O3S/c1-12-3-7-14(19(12)2)11-18-16(20)10-6-13-4-8-15(9-5-13)23(17,21)22/h3-5,7-9H,6,10-11H2,1-2H3,(H,18,20)(H2,17,21,22). The fraction of sp³-hybridized carbons (Fsp3) is 0.312. The lowest BCUT2D eigenvalue weighted by atomic mass is 10.1. The minimum atomic E-state index is -3.67. The van der Waals surface area contributed by atoms with E-state index in [2.05, 4.69) is 5.32 Å². The third-order valence-electron chi connectivity index (χ3n) is 3.84. The lowest BCUT2D eigenvalue weighted by Gasteiger charge is -2.08. The first-order valence-corrected chi connectivity index (χ1v) is 8.81. The summed E-state index contributed by atoms with van der Waals surface area (Å²) in [5.74, 6) is -0.0422. The maximum Gasteiger partial charge on any atom is 0.238 e. The summed E-state index contributed by atoms with van der Waals surface area (Å²) in [4.78, 5) is 12.0. The first-order chi connectivity index (χ1) is 10.8. The Morgan fingerprint density at radius 3 is 2.35 bits per heavy atom. The Morgan fingerprint density at radius 1 is 1.17 bits per heavy atom. The predicted molar refractivity (Wildman–Crippen MR) is 88.1 cm³/mol. The minimum Gasteiger partial charge on any atom is -0.351 e. The molecule has 0 radical (unpaired) electrons. The van der Waals surface area contributed by atoms with E-state index in [0.29, 0.717) is 19.4 Å². The molecule has 0 saturated heterocycles. The van der Waals surface area contributed by atoms with Gasteiger partial charge in [0.1, 0.15) is 0 Å². The number of carbonyl (C=O) groups is 1. The second-order valence-corrected chi connectivity index (χ2v) is 7.05. The second-order valence-electron chi connectivity index (χ2n) is 5.49. The van der Waals surface area contributed by atoms with Gasteiger partial charge in [0, 0.05) is 24.9 Å². The zero-order valence-corrected chi connectivity index (χ0v) is 14.1. The Labute approximate surface area is 136 Å². The Balaban J connectivity index is 1.83. The molecule has 0 saturated carbocycles. The van der Waals surface area contributed by atoms with Gasteiger partial charge in [-0.2, -0.15) is 0 Å². The minimum absolute atomic E-state index is 0.0422. The molecule has 23 heavy (non-hydrogen) atoms. The van der Waals surface area contributed by atoms with E-state index < -0.39 is 10.0 Å². The Bertz CT molecular complexity index is 792. The Kier molecular flexibility index (Phi) is 5.23. The predicted octanol–water partition coefficient (Wildman–Crippen LogP) is 1.23. The smallest absolute Gasteiger partial charge is 0.238 e. The number of amides is 1. The number of sulfonamides is 1. The lowest BCUT2D eigenvalue weighted by Crippen LogP contribution is -2.24. The molecule has 124 valence electrons. The summed E-state index contributed by atoms with van der Waals surface area (Å²) in [6, 6.07) is 10.3. The molecule has 6 nitrogen and oxygen atoms in total. The van der Waals surface area contributed by atoms with Crippen LogP contribution in [0.5, 0.6) is 0 Å². The monoisotopic (exact) mass is 335 g/mol. The van der Waals surface area contributed by atoms with Gasteiger partial charge in [-0.15, -0.1) is 0 Å². The van der Waals surface area contributed by atoms with Crippen molar-refractivity contribution in [3.63, 3.8) is 0 Å². The van der Waals surface area contributed by atoms with E-state index in [1.165, 1.54) is 12.1 Å². The van der Waals surface area contributed by atoms with Crippen LogP contribution in [-0.4, -0.2) is 18.9 Å². The van der Waals surface area contributed by atoms with Gasteiger partial charge in [-0.3, -0.25) is 4.79 Å². The van der Waals surface area contributed by atoms with Crippen LogP contribution in [0.1, 0.15) is 23.4 Å². The zero-order valence-electron chi connectivity index (χ0n) is 13.2. The summed E-state index contributed by atoms with van der Waals surface area (Å²) in [5.41, 5.74) is 3.08. The van der Waals surface area contributed by atoms with Crippen molar-refractivity contribution >= 4 is 15.9 Å². The molecule has 0 unspecified atom stereocenters. The van der Waals surface area contributed by atoms with Gasteiger partial charge in [0.15, 0.2) is 0 Å². The summed E-state index contributed by atoms with van der Waals surface area (Å²) in [6.07, 6.45) is 0.890. The van der Waals surface area contributed by atoms with E-state index >= 15 is 0 Å². The van der Waals surface area contributed by atoms with Crippen LogP contribution in [0.3, 0.4) is 0 Å². The largest absolute Gasteiger partial charge is 0.351 e.